The number of likely N-dealkylation sites (tertiary alicyclic amines) is 1. The van der Waals surface area contributed by atoms with Crippen molar-refractivity contribution >= 4 is 27.5 Å². The molecule has 1 saturated heterocycles. The molecule has 0 radical (unpaired) electrons. The Morgan fingerprint density at radius 3 is 2.47 bits per heavy atom. The molecule has 1 N–H and O–H groups in total. The fraction of sp³-hybridized carbons (Fsp3) is 0.435. The lowest BCUT2D eigenvalue weighted by molar-refractivity contribution is -0.132. The summed E-state index contributed by atoms with van der Waals surface area (Å²) in [6, 6.07) is 15.9. The minimum atomic E-state index is -3.23. The van der Waals surface area contributed by atoms with Crippen molar-refractivity contribution in [3.8, 4) is 11.1 Å². The van der Waals surface area contributed by atoms with E-state index in [1.165, 1.54) is 11.8 Å². The number of carbonyl (C=O) groups excluding carboxylic acids is 1. The summed E-state index contributed by atoms with van der Waals surface area (Å²) in [7, 11) is -3.23. The first-order valence-corrected chi connectivity index (χ1v) is 12.7. The zero-order valence-electron chi connectivity index (χ0n) is 17.1. The molecule has 3 atom stereocenters. The number of benzene rings is 2. The lowest BCUT2D eigenvalue weighted by Crippen LogP contribution is -2.36. The number of rotatable bonds is 5. The summed E-state index contributed by atoms with van der Waals surface area (Å²) < 4.78 is 25.7. The topological polar surface area (TPSA) is 66.5 Å². The molecular weight excluding hydrogens is 420 g/mol. The van der Waals surface area contributed by atoms with Gasteiger partial charge in [0, 0.05) is 35.6 Å². The fourth-order valence-electron chi connectivity index (χ4n) is 4.53. The molecule has 0 spiro atoms. The Morgan fingerprint density at radius 1 is 1.03 bits per heavy atom. The molecule has 1 aliphatic carbocycles. The van der Waals surface area contributed by atoms with Gasteiger partial charge in [-0.1, -0.05) is 54.1 Å². The smallest absolute Gasteiger partial charge is 0.226 e. The van der Waals surface area contributed by atoms with Crippen LogP contribution >= 0.6 is 11.6 Å². The zero-order valence-corrected chi connectivity index (χ0v) is 18.6. The van der Waals surface area contributed by atoms with Gasteiger partial charge in [0.2, 0.25) is 15.9 Å². The highest BCUT2D eigenvalue weighted by Crippen LogP contribution is 2.51. The second kappa shape index (κ2) is 8.69. The second-order valence-electron chi connectivity index (χ2n) is 8.36. The SMILES string of the molecule is CS(=O)(=O)N[C@H]1CCCN(C(=O)[C@@H]2C[C@H]2c2ccccc2-c2ccccc2Cl)CC1. The van der Waals surface area contributed by atoms with Crippen molar-refractivity contribution in [3.05, 3.63) is 59.1 Å². The first-order chi connectivity index (χ1) is 14.3. The third-order valence-corrected chi connectivity index (χ3v) is 7.14. The molecule has 160 valence electrons. The van der Waals surface area contributed by atoms with E-state index in [-0.39, 0.29) is 23.8 Å². The first-order valence-electron chi connectivity index (χ1n) is 10.4. The van der Waals surface area contributed by atoms with Gasteiger partial charge in [-0.15, -0.1) is 0 Å². The first kappa shape index (κ1) is 21.3. The largest absolute Gasteiger partial charge is 0.342 e. The van der Waals surface area contributed by atoms with Crippen molar-refractivity contribution in [3.63, 3.8) is 0 Å². The Balaban J connectivity index is 1.45. The average Bonchev–Trinajstić information content (AvgIpc) is 3.51. The molecule has 1 saturated carbocycles. The van der Waals surface area contributed by atoms with Gasteiger partial charge < -0.3 is 4.90 Å². The van der Waals surface area contributed by atoms with Crippen LogP contribution in [0.3, 0.4) is 0 Å². The van der Waals surface area contributed by atoms with Crippen LogP contribution in [0.1, 0.15) is 37.2 Å². The molecule has 7 heteroatoms. The summed E-state index contributed by atoms with van der Waals surface area (Å²) in [5, 5.41) is 0.713. The lowest BCUT2D eigenvalue weighted by atomic mass is 9.96. The van der Waals surface area contributed by atoms with Crippen molar-refractivity contribution in [2.24, 2.45) is 5.92 Å². The quantitative estimate of drug-likeness (QED) is 0.753. The van der Waals surface area contributed by atoms with Gasteiger partial charge in [0.25, 0.3) is 0 Å². The molecule has 1 heterocycles. The van der Waals surface area contributed by atoms with Crippen LogP contribution in [0, 0.1) is 5.92 Å². The highest BCUT2D eigenvalue weighted by molar-refractivity contribution is 7.88. The van der Waals surface area contributed by atoms with Gasteiger partial charge in [0.15, 0.2) is 0 Å². The third-order valence-electron chi connectivity index (χ3n) is 6.05. The van der Waals surface area contributed by atoms with Gasteiger partial charge in [-0.05, 0) is 48.8 Å². The molecule has 1 amide bonds. The average molecular weight is 447 g/mol. The second-order valence-corrected chi connectivity index (χ2v) is 10.5. The molecule has 5 nitrogen and oxygen atoms in total. The van der Waals surface area contributed by atoms with Crippen LogP contribution in [0.15, 0.2) is 48.5 Å². The van der Waals surface area contributed by atoms with Crippen molar-refractivity contribution in [2.75, 3.05) is 19.3 Å². The van der Waals surface area contributed by atoms with E-state index in [1.807, 2.05) is 41.3 Å². The molecular formula is C23H27ClN2O3S. The number of hydrogen-bond acceptors (Lipinski definition) is 3. The van der Waals surface area contributed by atoms with E-state index in [2.05, 4.69) is 16.9 Å². The van der Waals surface area contributed by atoms with E-state index in [1.54, 1.807) is 0 Å². The predicted molar refractivity (Wildman–Crippen MR) is 120 cm³/mol. The van der Waals surface area contributed by atoms with Crippen LogP contribution in [0.5, 0.6) is 0 Å². The fourth-order valence-corrected chi connectivity index (χ4v) is 5.61. The van der Waals surface area contributed by atoms with Crippen molar-refractivity contribution < 1.29 is 13.2 Å². The number of hydrogen-bond donors (Lipinski definition) is 1. The normalized spacial score (nSPS) is 24.3. The maximum Gasteiger partial charge on any atom is 0.226 e. The number of nitrogens with one attached hydrogen (secondary N) is 1. The van der Waals surface area contributed by atoms with Crippen molar-refractivity contribution in [1.29, 1.82) is 0 Å². The van der Waals surface area contributed by atoms with E-state index in [9.17, 15) is 13.2 Å². The minimum absolute atomic E-state index is 0.00643. The monoisotopic (exact) mass is 446 g/mol. The summed E-state index contributed by atoms with van der Waals surface area (Å²) in [5.74, 6) is 0.389. The highest BCUT2D eigenvalue weighted by Gasteiger charge is 2.46. The molecule has 2 aromatic rings. The zero-order chi connectivity index (χ0) is 21.3. The maximum atomic E-state index is 13.2. The van der Waals surface area contributed by atoms with Gasteiger partial charge in [0.05, 0.1) is 6.26 Å². The molecule has 4 rings (SSSR count). The van der Waals surface area contributed by atoms with Gasteiger partial charge in [0.1, 0.15) is 0 Å². The van der Waals surface area contributed by atoms with E-state index in [0.29, 0.717) is 24.5 Å². The predicted octanol–water partition coefficient (Wildman–Crippen LogP) is 4.04. The van der Waals surface area contributed by atoms with Crippen molar-refractivity contribution in [1.82, 2.24) is 9.62 Å². The third kappa shape index (κ3) is 4.88. The molecule has 2 aliphatic rings. The Morgan fingerprint density at radius 2 is 1.73 bits per heavy atom. The number of sulfonamides is 1. The van der Waals surface area contributed by atoms with E-state index in [4.69, 9.17) is 11.6 Å². The van der Waals surface area contributed by atoms with Gasteiger partial charge in [-0.3, -0.25) is 4.79 Å². The molecule has 0 aromatic heterocycles. The molecule has 2 fully saturated rings. The number of halogens is 1. The molecule has 0 bridgehead atoms. The van der Waals surface area contributed by atoms with Crippen LogP contribution in [0.2, 0.25) is 5.02 Å². The highest BCUT2D eigenvalue weighted by atomic mass is 35.5. The minimum Gasteiger partial charge on any atom is -0.342 e. The van der Waals surface area contributed by atoms with Crippen LogP contribution in [0.25, 0.3) is 11.1 Å². The van der Waals surface area contributed by atoms with Crippen LogP contribution in [-0.4, -0.2) is 44.6 Å². The number of amides is 1. The molecule has 30 heavy (non-hydrogen) atoms. The van der Waals surface area contributed by atoms with E-state index >= 15 is 0 Å². The van der Waals surface area contributed by atoms with Gasteiger partial charge >= 0.3 is 0 Å². The van der Waals surface area contributed by atoms with Crippen LogP contribution < -0.4 is 4.72 Å². The van der Waals surface area contributed by atoms with Crippen molar-refractivity contribution in [2.45, 2.75) is 37.6 Å². The number of carbonyl (C=O) groups is 1. The lowest BCUT2D eigenvalue weighted by Gasteiger charge is -2.21. The van der Waals surface area contributed by atoms with Crippen LogP contribution in [0.4, 0.5) is 0 Å². The maximum absolute atomic E-state index is 13.2. The summed E-state index contributed by atoms with van der Waals surface area (Å²) in [6.45, 7) is 1.29. The molecule has 2 aromatic carbocycles. The summed E-state index contributed by atoms with van der Waals surface area (Å²) in [6.07, 6.45) is 4.27. The van der Waals surface area contributed by atoms with E-state index < -0.39 is 10.0 Å². The Labute approximate surface area is 183 Å². The van der Waals surface area contributed by atoms with Crippen LogP contribution in [-0.2, 0) is 14.8 Å². The molecule has 0 unspecified atom stereocenters. The van der Waals surface area contributed by atoms with Gasteiger partial charge in [-0.2, -0.15) is 0 Å². The standard InChI is InChI=1S/C23H27ClN2O3S/c1-30(28,29)25-16-7-6-13-26(14-12-16)23(27)21-15-20(21)18-9-3-2-8-17(18)19-10-4-5-11-22(19)24/h2-5,8-11,16,20-21,25H,6-7,12-15H2,1H3/t16-,20-,21+/m0/s1. The molecule has 1 aliphatic heterocycles. The van der Waals surface area contributed by atoms with Gasteiger partial charge in [-0.25, -0.2) is 13.1 Å². The Bertz CT molecular complexity index is 1040. The Kier molecular flexibility index (Phi) is 6.19. The van der Waals surface area contributed by atoms with E-state index in [0.717, 1.165) is 30.4 Å². The number of nitrogens with zero attached hydrogens (tertiary/aromatic N) is 1. The summed E-state index contributed by atoms with van der Waals surface area (Å²) in [5.41, 5.74) is 3.27. The Hall–Kier alpha value is -1.89. The summed E-state index contributed by atoms with van der Waals surface area (Å²) >= 11 is 6.43. The summed E-state index contributed by atoms with van der Waals surface area (Å²) in [4.78, 5) is 15.1.